The van der Waals surface area contributed by atoms with Crippen molar-refractivity contribution in [2.45, 2.75) is 52.1 Å². The molecule has 0 atom stereocenters. The van der Waals surface area contributed by atoms with Crippen molar-refractivity contribution in [1.82, 2.24) is 14.9 Å². The Kier molecular flexibility index (Phi) is 5.20. The quantitative estimate of drug-likeness (QED) is 0.809. The van der Waals surface area contributed by atoms with Crippen molar-refractivity contribution < 1.29 is 0 Å². The topological polar surface area (TPSA) is 33.1 Å². The van der Waals surface area contributed by atoms with Gasteiger partial charge < -0.3 is 14.8 Å². The van der Waals surface area contributed by atoms with Crippen LogP contribution < -0.4 is 10.2 Å². The summed E-state index contributed by atoms with van der Waals surface area (Å²) >= 11 is 0. The minimum absolute atomic E-state index is 0.266. The zero-order valence-corrected chi connectivity index (χ0v) is 12.7. The van der Waals surface area contributed by atoms with Gasteiger partial charge in [-0.15, -0.1) is 0 Å². The molecule has 0 radical (unpaired) electrons. The number of nitrogens with one attached hydrogen (secondary N) is 1. The summed E-state index contributed by atoms with van der Waals surface area (Å²) in [6.07, 6.45) is 5.46. The molecule has 1 rings (SSSR count). The van der Waals surface area contributed by atoms with Gasteiger partial charge in [-0.25, -0.2) is 4.98 Å². The Bertz CT molecular complexity index is 356. The van der Waals surface area contributed by atoms with Crippen molar-refractivity contribution in [2.24, 2.45) is 7.05 Å². The van der Waals surface area contributed by atoms with E-state index < -0.39 is 0 Å². The van der Waals surface area contributed by atoms with Crippen molar-refractivity contribution in [3.63, 3.8) is 0 Å². The van der Waals surface area contributed by atoms with Crippen molar-refractivity contribution in [3.05, 3.63) is 11.9 Å². The molecule has 0 amide bonds. The fourth-order valence-corrected chi connectivity index (χ4v) is 2.42. The number of nitrogens with zero attached hydrogens (tertiary/aromatic N) is 3. The lowest BCUT2D eigenvalue weighted by atomic mass is 9.90. The third kappa shape index (κ3) is 3.05. The van der Waals surface area contributed by atoms with Crippen molar-refractivity contribution >= 4 is 5.95 Å². The van der Waals surface area contributed by atoms with Gasteiger partial charge in [0, 0.05) is 33.2 Å². The lowest BCUT2D eigenvalue weighted by Gasteiger charge is -2.32. The normalized spacial score (nSPS) is 11.9. The maximum Gasteiger partial charge on any atom is 0.204 e. The van der Waals surface area contributed by atoms with Gasteiger partial charge in [0.25, 0.3) is 0 Å². The summed E-state index contributed by atoms with van der Waals surface area (Å²) in [6.45, 7) is 7.66. The Balaban J connectivity index is 2.74. The number of hydrogen-bond donors (Lipinski definition) is 1. The van der Waals surface area contributed by atoms with E-state index in [-0.39, 0.29) is 5.54 Å². The standard InChI is InChI=1S/C14H28N4/c1-7-14(8-2,9-3)16-11-12-10-15-13(17(4)5)18(12)6/h10,16H,7-9,11H2,1-6H3. The molecule has 0 unspecified atom stereocenters. The summed E-state index contributed by atoms with van der Waals surface area (Å²) < 4.78 is 2.15. The van der Waals surface area contributed by atoms with Gasteiger partial charge in [0.1, 0.15) is 0 Å². The van der Waals surface area contributed by atoms with Gasteiger partial charge in [-0.2, -0.15) is 0 Å². The van der Waals surface area contributed by atoms with E-state index in [2.05, 4.69) is 42.7 Å². The van der Waals surface area contributed by atoms with Crippen LogP contribution in [-0.2, 0) is 13.6 Å². The lowest BCUT2D eigenvalue weighted by Crippen LogP contribution is -2.43. The molecule has 4 heteroatoms. The van der Waals surface area contributed by atoms with Crippen LogP contribution in [-0.4, -0.2) is 29.2 Å². The van der Waals surface area contributed by atoms with E-state index in [0.29, 0.717) is 0 Å². The first kappa shape index (κ1) is 15.0. The highest BCUT2D eigenvalue weighted by atomic mass is 15.3. The molecule has 0 saturated carbocycles. The summed E-state index contributed by atoms with van der Waals surface area (Å²) in [6, 6.07) is 0. The molecule has 0 aliphatic carbocycles. The zero-order chi connectivity index (χ0) is 13.8. The van der Waals surface area contributed by atoms with E-state index in [1.165, 1.54) is 25.0 Å². The molecule has 104 valence electrons. The van der Waals surface area contributed by atoms with E-state index >= 15 is 0 Å². The van der Waals surface area contributed by atoms with E-state index in [1.54, 1.807) is 0 Å². The highest BCUT2D eigenvalue weighted by Crippen LogP contribution is 2.20. The van der Waals surface area contributed by atoms with Gasteiger partial charge in [0.05, 0.1) is 11.9 Å². The first-order valence-electron chi connectivity index (χ1n) is 6.92. The molecule has 0 spiro atoms. The fraction of sp³-hybridized carbons (Fsp3) is 0.786. The van der Waals surface area contributed by atoms with Crippen LogP contribution in [0.1, 0.15) is 45.7 Å². The van der Waals surface area contributed by atoms with Crippen molar-refractivity contribution in [1.29, 1.82) is 0 Å². The smallest absolute Gasteiger partial charge is 0.204 e. The van der Waals surface area contributed by atoms with E-state index in [9.17, 15) is 0 Å². The zero-order valence-electron chi connectivity index (χ0n) is 12.7. The van der Waals surface area contributed by atoms with Crippen molar-refractivity contribution in [2.75, 3.05) is 19.0 Å². The van der Waals surface area contributed by atoms with Crippen LogP contribution in [0.15, 0.2) is 6.20 Å². The molecule has 0 saturated heterocycles. The summed E-state index contributed by atoms with van der Waals surface area (Å²) in [5, 5.41) is 3.71. The molecule has 4 nitrogen and oxygen atoms in total. The van der Waals surface area contributed by atoms with Crippen LogP contribution >= 0.6 is 0 Å². The van der Waals surface area contributed by atoms with Gasteiger partial charge in [0.15, 0.2) is 0 Å². The van der Waals surface area contributed by atoms with Crippen LogP contribution in [0.2, 0.25) is 0 Å². The number of imidazole rings is 1. The second-order valence-corrected chi connectivity index (χ2v) is 5.20. The number of rotatable bonds is 7. The second kappa shape index (κ2) is 6.23. The average molecular weight is 252 g/mol. The number of hydrogen-bond acceptors (Lipinski definition) is 3. The molecule has 1 heterocycles. The SMILES string of the molecule is CCC(CC)(CC)NCc1cnc(N(C)C)n1C. The molecule has 0 aromatic carbocycles. The highest BCUT2D eigenvalue weighted by molar-refractivity contribution is 5.30. The van der Waals surface area contributed by atoms with Crippen LogP contribution in [0, 0.1) is 0 Å². The molecule has 1 N–H and O–H groups in total. The molecular formula is C14H28N4. The Hall–Kier alpha value is -1.03. The maximum atomic E-state index is 4.44. The average Bonchev–Trinajstić information content (AvgIpc) is 2.73. The minimum atomic E-state index is 0.266. The summed E-state index contributed by atoms with van der Waals surface area (Å²) in [5.74, 6) is 1.00. The van der Waals surface area contributed by atoms with Gasteiger partial charge >= 0.3 is 0 Å². The molecular weight excluding hydrogens is 224 g/mol. The molecule has 0 aliphatic heterocycles. The fourth-order valence-electron chi connectivity index (χ4n) is 2.42. The van der Waals surface area contributed by atoms with Crippen molar-refractivity contribution in [3.8, 4) is 0 Å². The second-order valence-electron chi connectivity index (χ2n) is 5.20. The van der Waals surface area contributed by atoms with Crippen LogP contribution in [0.3, 0.4) is 0 Å². The lowest BCUT2D eigenvalue weighted by molar-refractivity contribution is 0.285. The Morgan fingerprint density at radius 1 is 1.22 bits per heavy atom. The first-order valence-corrected chi connectivity index (χ1v) is 6.92. The predicted octanol–water partition coefficient (Wildman–Crippen LogP) is 2.54. The molecule has 18 heavy (non-hydrogen) atoms. The van der Waals surface area contributed by atoms with Crippen LogP contribution in [0.5, 0.6) is 0 Å². The van der Waals surface area contributed by atoms with Crippen LogP contribution in [0.4, 0.5) is 5.95 Å². The van der Waals surface area contributed by atoms with E-state index in [1.807, 2.05) is 25.2 Å². The van der Waals surface area contributed by atoms with Gasteiger partial charge in [-0.1, -0.05) is 20.8 Å². The Morgan fingerprint density at radius 3 is 2.17 bits per heavy atom. The predicted molar refractivity (Wildman–Crippen MR) is 78.0 cm³/mol. The first-order chi connectivity index (χ1) is 8.49. The molecule has 0 aliphatic rings. The Labute approximate surface area is 111 Å². The monoisotopic (exact) mass is 252 g/mol. The minimum Gasteiger partial charge on any atom is -0.348 e. The van der Waals surface area contributed by atoms with E-state index in [0.717, 1.165) is 12.5 Å². The Morgan fingerprint density at radius 2 is 1.78 bits per heavy atom. The number of aromatic nitrogens is 2. The van der Waals surface area contributed by atoms with E-state index in [4.69, 9.17) is 0 Å². The summed E-state index contributed by atoms with van der Waals surface area (Å²) in [4.78, 5) is 6.48. The van der Waals surface area contributed by atoms with Crippen LogP contribution in [0.25, 0.3) is 0 Å². The number of anilines is 1. The third-order valence-electron chi connectivity index (χ3n) is 4.13. The molecule has 1 aromatic rings. The maximum absolute atomic E-state index is 4.44. The highest BCUT2D eigenvalue weighted by Gasteiger charge is 2.23. The van der Waals surface area contributed by atoms with Gasteiger partial charge in [0.2, 0.25) is 5.95 Å². The summed E-state index contributed by atoms with van der Waals surface area (Å²) in [5.41, 5.74) is 1.50. The third-order valence-corrected chi connectivity index (χ3v) is 4.13. The van der Waals surface area contributed by atoms with Gasteiger partial charge in [-0.05, 0) is 19.3 Å². The molecule has 0 bridgehead atoms. The molecule has 1 aromatic heterocycles. The summed E-state index contributed by atoms with van der Waals surface area (Å²) in [7, 11) is 6.12. The molecule has 0 fully saturated rings. The largest absolute Gasteiger partial charge is 0.348 e. The van der Waals surface area contributed by atoms with Gasteiger partial charge in [-0.3, -0.25) is 0 Å².